The molecule has 1 saturated carbocycles. The average molecular weight is 249 g/mol. The zero-order chi connectivity index (χ0) is 12.8. The molecule has 1 fully saturated rings. The minimum absolute atomic E-state index is 0.264. The van der Waals surface area contributed by atoms with E-state index in [0.717, 1.165) is 37.7 Å². The van der Waals surface area contributed by atoms with Gasteiger partial charge in [0.25, 0.3) is 0 Å². The normalized spacial score (nSPS) is 16.7. The number of phenols is 1. The first-order chi connectivity index (χ1) is 8.75. The minimum Gasteiger partial charge on any atom is -0.508 e. The summed E-state index contributed by atoms with van der Waals surface area (Å²) >= 11 is 0. The molecule has 1 atom stereocenters. The van der Waals surface area contributed by atoms with Crippen LogP contribution < -0.4 is 5.32 Å². The van der Waals surface area contributed by atoms with Crippen LogP contribution in [0.25, 0.3) is 0 Å². The highest BCUT2D eigenvalue weighted by Gasteiger charge is 2.20. The molecule has 100 valence electrons. The molecule has 0 heterocycles. The summed E-state index contributed by atoms with van der Waals surface area (Å²) in [7, 11) is 0. The van der Waals surface area contributed by atoms with E-state index in [1.54, 1.807) is 12.1 Å². The fraction of sp³-hybridized carbons (Fsp3) is 0.600. The van der Waals surface area contributed by atoms with Crippen LogP contribution >= 0.6 is 0 Å². The number of benzene rings is 1. The van der Waals surface area contributed by atoms with E-state index in [4.69, 9.17) is 4.74 Å². The largest absolute Gasteiger partial charge is 0.508 e. The second kappa shape index (κ2) is 6.76. The number of nitrogens with one attached hydrogen (secondary N) is 1. The lowest BCUT2D eigenvalue weighted by molar-refractivity contribution is 0.121. The molecule has 0 aromatic heterocycles. The zero-order valence-corrected chi connectivity index (χ0v) is 11.1. The molecule has 0 amide bonds. The number of hydrogen-bond donors (Lipinski definition) is 2. The lowest BCUT2D eigenvalue weighted by atomic mass is 10.1. The molecule has 0 radical (unpaired) electrons. The molecular formula is C15H23NO2. The molecule has 1 aromatic carbocycles. The third-order valence-corrected chi connectivity index (χ3v) is 3.34. The maximum absolute atomic E-state index is 9.41. The maximum atomic E-state index is 9.41. The van der Waals surface area contributed by atoms with Crippen LogP contribution in [0.1, 0.15) is 37.8 Å². The fourth-order valence-electron chi connectivity index (χ4n) is 1.94. The number of hydrogen-bond acceptors (Lipinski definition) is 3. The van der Waals surface area contributed by atoms with Gasteiger partial charge >= 0.3 is 0 Å². The number of phenolic OH excluding ortho intramolecular Hbond substituents is 1. The summed E-state index contributed by atoms with van der Waals surface area (Å²) in [6.45, 7) is 4.85. The van der Waals surface area contributed by atoms with Gasteiger partial charge in [0.15, 0.2) is 0 Å². The van der Waals surface area contributed by atoms with Crippen LogP contribution in [-0.2, 0) is 4.74 Å². The summed E-state index contributed by atoms with van der Waals surface area (Å²) in [5, 5.41) is 12.9. The van der Waals surface area contributed by atoms with Gasteiger partial charge in [-0.25, -0.2) is 0 Å². The van der Waals surface area contributed by atoms with E-state index < -0.39 is 0 Å². The van der Waals surface area contributed by atoms with Crippen LogP contribution in [0.3, 0.4) is 0 Å². The molecule has 1 unspecified atom stereocenters. The molecule has 0 saturated heterocycles. The Balaban J connectivity index is 1.57. The third-order valence-electron chi connectivity index (χ3n) is 3.34. The Labute approximate surface area is 109 Å². The Morgan fingerprint density at radius 3 is 3.00 bits per heavy atom. The predicted molar refractivity (Wildman–Crippen MR) is 72.7 cm³/mol. The number of ether oxygens (including phenoxy) is 1. The van der Waals surface area contributed by atoms with Crippen molar-refractivity contribution >= 4 is 0 Å². The quantitative estimate of drug-likeness (QED) is 0.696. The van der Waals surface area contributed by atoms with E-state index in [9.17, 15) is 5.11 Å². The van der Waals surface area contributed by atoms with Crippen molar-refractivity contribution in [3.63, 3.8) is 0 Å². The first-order valence-electron chi connectivity index (χ1n) is 6.86. The molecule has 3 heteroatoms. The zero-order valence-electron chi connectivity index (χ0n) is 11.1. The summed E-state index contributed by atoms with van der Waals surface area (Å²) < 4.78 is 5.58. The Bertz CT molecular complexity index is 363. The summed E-state index contributed by atoms with van der Waals surface area (Å²) in [5.41, 5.74) is 1.12. The molecule has 0 aliphatic heterocycles. The van der Waals surface area contributed by atoms with Gasteiger partial charge in [-0.15, -0.1) is 0 Å². The van der Waals surface area contributed by atoms with Crippen molar-refractivity contribution in [2.24, 2.45) is 5.92 Å². The van der Waals surface area contributed by atoms with E-state index in [0.29, 0.717) is 5.75 Å². The number of rotatable bonds is 8. The number of aromatic hydroxyl groups is 1. The van der Waals surface area contributed by atoms with Gasteiger partial charge in [-0.05, 0) is 56.3 Å². The van der Waals surface area contributed by atoms with Crippen LogP contribution in [0.4, 0.5) is 0 Å². The van der Waals surface area contributed by atoms with E-state index in [-0.39, 0.29) is 6.04 Å². The van der Waals surface area contributed by atoms with Crippen LogP contribution in [-0.4, -0.2) is 24.9 Å². The summed E-state index contributed by atoms with van der Waals surface area (Å²) in [4.78, 5) is 0. The standard InChI is InChI=1S/C15H23NO2/c1-12(14-4-2-5-15(17)10-14)16-8-3-9-18-11-13-6-7-13/h2,4-5,10,12-13,16-17H,3,6-9,11H2,1H3. The molecule has 1 aromatic rings. The highest BCUT2D eigenvalue weighted by atomic mass is 16.5. The third kappa shape index (κ3) is 4.67. The fourth-order valence-corrected chi connectivity index (χ4v) is 1.94. The van der Waals surface area contributed by atoms with Crippen LogP contribution in [0, 0.1) is 5.92 Å². The van der Waals surface area contributed by atoms with Gasteiger partial charge in [0.1, 0.15) is 5.75 Å². The van der Waals surface area contributed by atoms with Gasteiger partial charge in [-0.1, -0.05) is 12.1 Å². The molecular weight excluding hydrogens is 226 g/mol. The van der Waals surface area contributed by atoms with Crippen molar-refractivity contribution in [1.29, 1.82) is 0 Å². The molecule has 1 aliphatic rings. The van der Waals surface area contributed by atoms with Gasteiger partial charge in [-0.2, -0.15) is 0 Å². The first-order valence-corrected chi connectivity index (χ1v) is 6.86. The Morgan fingerprint density at radius 1 is 1.44 bits per heavy atom. The van der Waals surface area contributed by atoms with E-state index in [2.05, 4.69) is 12.2 Å². The van der Waals surface area contributed by atoms with Crippen molar-refractivity contribution < 1.29 is 9.84 Å². The highest BCUT2D eigenvalue weighted by molar-refractivity contribution is 5.28. The Hall–Kier alpha value is -1.06. The summed E-state index contributed by atoms with van der Waals surface area (Å²) in [6.07, 6.45) is 3.75. The van der Waals surface area contributed by atoms with Crippen LogP contribution in [0.5, 0.6) is 5.75 Å². The lowest BCUT2D eigenvalue weighted by Crippen LogP contribution is -2.21. The maximum Gasteiger partial charge on any atom is 0.115 e. The summed E-state index contributed by atoms with van der Waals surface area (Å²) in [5.74, 6) is 1.18. The molecule has 2 N–H and O–H groups in total. The van der Waals surface area contributed by atoms with Gasteiger partial charge in [0, 0.05) is 19.3 Å². The molecule has 0 bridgehead atoms. The van der Waals surface area contributed by atoms with Crippen molar-refractivity contribution in [2.75, 3.05) is 19.8 Å². The molecule has 18 heavy (non-hydrogen) atoms. The van der Waals surface area contributed by atoms with E-state index >= 15 is 0 Å². The van der Waals surface area contributed by atoms with Crippen LogP contribution in [0.15, 0.2) is 24.3 Å². The van der Waals surface area contributed by atoms with Crippen molar-refractivity contribution in [1.82, 2.24) is 5.32 Å². The SMILES string of the molecule is CC(NCCCOCC1CC1)c1cccc(O)c1. The van der Waals surface area contributed by atoms with E-state index in [1.807, 2.05) is 12.1 Å². The topological polar surface area (TPSA) is 41.5 Å². The lowest BCUT2D eigenvalue weighted by Gasteiger charge is -2.14. The molecule has 0 spiro atoms. The first kappa shape index (κ1) is 13.4. The highest BCUT2D eigenvalue weighted by Crippen LogP contribution is 2.28. The minimum atomic E-state index is 0.264. The van der Waals surface area contributed by atoms with Gasteiger partial charge in [-0.3, -0.25) is 0 Å². The Kier molecular flexibility index (Phi) is 5.02. The van der Waals surface area contributed by atoms with Crippen molar-refractivity contribution in [2.45, 2.75) is 32.2 Å². The molecule has 3 nitrogen and oxygen atoms in total. The van der Waals surface area contributed by atoms with Gasteiger partial charge < -0.3 is 15.2 Å². The predicted octanol–water partition coefficient (Wildman–Crippen LogP) is 2.86. The average Bonchev–Trinajstić information content (AvgIpc) is 3.17. The van der Waals surface area contributed by atoms with Crippen LogP contribution in [0.2, 0.25) is 0 Å². The van der Waals surface area contributed by atoms with Gasteiger partial charge in [0.2, 0.25) is 0 Å². The molecule has 1 aliphatic carbocycles. The van der Waals surface area contributed by atoms with E-state index in [1.165, 1.54) is 12.8 Å². The second-order valence-corrected chi connectivity index (χ2v) is 5.14. The monoisotopic (exact) mass is 249 g/mol. The van der Waals surface area contributed by atoms with Crippen molar-refractivity contribution in [3.05, 3.63) is 29.8 Å². The van der Waals surface area contributed by atoms with Gasteiger partial charge in [0.05, 0.1) is 0 Å². The molecule has 2 rings (SSSR count). The second-order valence-electron chi connectivity index (χ2n) is 5.14. The Morgan fingerprint density at radius 2 is 2.28 bits per heavy atom. The smallest absolute Gasteiger partial charge is 0.115 e. The van der Waals surface area contributed by atoms with Crippen molar-refractivity contribution in [3.8, 4) is 5.75 Å². The summed E-state index contributed by atoms with van der Waals surface area (Å²) in [6, 6.07) is 7.67.